The van der Waals surface area contributed by atoms with Crippen molar-refractivity contribution in [3.05, 3.63) is 71.3 Å². The van der Waals surface area contributed by atoms with Crippen LogP contribution in [0, 0.1) is 6.92 Å². The van der Waals surface area contributed by atoms with Crippen molar-refractivity contribution >= 4 is 11.8 Å². The topological polar surface area (TPSA) is 58.6 Å². The molecule has 1 N–H and O–H groups in total. The number of aryl methyl sites for hydroxylation is 1. The molecule has 0 bridgehead atoms. The Kier molecular flexibility index (Phi) is 5.46. The lowest BCUT2D eigenvalue weighted by Gasteiger charge is -2.34. The van der Waals surface area contributed by atoms with Crippen molar-refractivity contribution in [2.24, 2.45) is 0 Å². The van der Waals surface area contributed by atoms with E-state index in [0.717, 1.165) is 11.1 Å². The van der Waals surface area contributed by atoms with Crippen molar-refractivity contribution in [3.8, 4) is 0 Å². The molecule has 0 aromatic heterocycles. The Morgan fingerprint density at radius 1 is 1.12 bits per heavy atom. The van der Waals surface area contributed by atoms with Crippen LogP contribution < -0.4 is 5.32 Å². The van der Waals surface area contributed by atoms with Gasteiger partial charge in [-0.05, 0) is 18.1 Å². The third kappa shape index (κ3) is 4.45. The quantitative estimate of drug-likeness (QED) is 0.908. The van der Waals surface area contributed by atoms with Crippen molar-refractivity contribution < 1.29 is 14.3 Å². The van der Waals surface area contributed by atoms with E-state index in [1.165, 1.54) is 5.56 Å². The maximum Gasteiger partial charge on any atom is 0.249 e. The second kappa shape index (κ2) is 7.94. The van der Waals surface area contributed by atoms with Gasteiger partial charge in [0.25, 0.3) is 0 Å². The first-order valence-electron chi connectivity index (χ1n) is 8.38. The van der Waals surface area contributed by atoms with Gasteiger partial charge in [0.2, 0.25) is 11.8 Å². The molecule has 2 amide bonds. The minimum Gasteiger partial charge on any atom is -0.369 e. The Bertz CT molecular complexity index is 728. The van der Waals surface area contributed by atoms with Crippen LogP contribution >= 0.6 is 0 Å². The molecule has 2 aromatic rings. The van der Waals surface area contributed by atoms with Crippen LogP contribution in [0.2, 0.25) is 0 Å². The Balaban J connectivity index is 1.65. The van der Waals surface area contributed by atoms with Gasteiger partial charge in [-0.25, -0.2) is 0 Å². The monoisotopic (exact) mass is 338 g/mol. The summed E-state index contributed by atoms with van der Waals surface area (Å²) in [6, 6.07) is 17.1. The summed E-state index contributed by atoms with van der Waals surface area (Å²) < 4.78 is 5.30. The number of nitrogens with one attached hydrogen (secondary N) is 1. The van der Waals surface area contributed by atoms with Crippen molar-refractivity contribution in [2.45, 2.75) is 26.1 Å². The number of ether oxygens (including phenoxy) is 1. The molecule has 0 aliphatic carbocycles. The summed E-state index contributed by atoms with van der Waals surface area (Å²) in [4.78, 5) is 26.4. The highest BCUT2D eigenvalue weighted by Crippen LogP contribution is 2.14. The summed E-state index contributed by atoms with van der Waals surface area (Å²) >= 11 is 0. The van der Waals surface area contributed by atoms with Crippen LogP contribution in [0.3, 0.4) is 0 Å². The summed E-state index contributed by atoms with van der Waals surface area (Å²) in [5.41, 5.74) is 3.20. The molecule has 0 radical (unpaired) electrons. The third-order valence-corrected chi connectivity index (χ3v) is 4.28. The fourth-order valence-electron chi connectivity index (χ4n) is 2.81. The Morgan fingerprint density at radius 3 is 2.56 bits per heavy atom. The SMILES string of the molecule is Cc1ccc(CNC(=O)[C@@H]2COCC(=O)N2Cc2ccccc2)cc1. The van der Waals surface area contributed by atoms with E-state index >= 15 is 0 Å². The number of carbonyl (C=O) groups excluding carboxylic acids is 2. The molecule has 0 spiro atoms. The molecular formula is C20H22N2O3. The maximum atomic E-state index is 12.6. The lowest BCUT2D eigenvalue weighted by Crippen LogP contribution is -2.55. The molecule has 1 heterocycles. The number of benzene rings is 2. The summed E-state index contributed by atoms with van der Waals surface area (Å²) in [7, 11) is 0. The van der Waals surface area contributed by atoms with E-state index < -0.39 is 6.04 Å². The average Bonchev–Trinajstić information content (AvgIpc) is 2.63. The minimum atomic E-state index is -0.605. The largest absolute Gasteiger partial charge is 0.369 e. The van der Waals surface area contributed by atoms with Gasteiger partial charge in [-0.2, -0.15) is 0 Å². The van der Waals surface area contributed by atoms with E-state index in [4.69, 9.17) is 4.74 Å². The molecule has 130 valence electrons. The molecule has 3 rings (SSSR count). The zero-order valence-corrected chi connectivity index (χ0v) is 14.3. The van der Waals surface area contributed by atoms with Crippen LogP contribution in [-0.4, -0.2) is 36.0 Å². The second-order valence-electron chi connectivity index (χ2n) is 6.24. The first-order chi connectivity index (χ1) is 12.1. The Labute approximate surface area is 147 Å². The summed E-state index contributed by atoms with van der Waals surface area (Å²) in [6.45, 7) is 3.11. The predicted octanol–water partition coefficient (Wildman–Crippen LogP) is 2.04. The smallest absolute Gasteiger partial charge is 0.249 e. The lowest BCUT2D eigenvalue weighted by molar-refractivity contribution is -0.155. The van der Waals surface area contributed by atoms with E-state index in [0.29, 0.717) is 13.1 Å². The third-order valence-electron chi connectivity index (χ3n) is 4.28. The molecule has 5 nitrogen and oxygen atoms in total. The van der Waals surface area contributed by atoms with E-state index in [-0.39, 0.29) is 25.0 Å². The number of hydrogen-bond donors (Lipinski definition) is 1. The Hall–Kier alpha value is -2.66. The number of nitrogens with zero attached hydrogens (tertiary/aromatic N) is 1. The molecule has 25 heavy (non-hydrogen) atoms. The van der Waals surface area contributed by atoms with Crippen LogP contribution in [0.25, 0.3) is 0 Å². The zero-order valence-electron chi connectivity index (χ0n) is 14.3. The van der Waals surface area contributed by atoms with E-state index in [2.05, 4.69) is 5.32 Å². The van der Waals surface area contributed by atoms with Crippen LogP contribution in [0.1, 0.15) is 16.7 Å². The highest BCUT2D eigenvalue weighted by atomic mass is 16.5. The number of rotatable bonds is 5. The highest BCUT2D eigenvalue weighted by Gasteiger charge is 2.33. The molecule has 0 unspecified atom stereocenters. The number of morpholine rings is 1. The van der Waals surface area contributed by atoms with Crippen LogP contribution in [0.4, 0.5) is 0 Å². The van der Waals surface area contributed by atoms with Gasteiger partial charge in [-0.15, -0.1) is 0 Å². The molecular weight excluding hydrogens is 316 g/mol. The molecule has 1 saturated heterocycles. The van der Waals surface area contributed by atoms with Gasteiger partial charge < -0.3 is 15.0 Å². The van der Waals surface area contributed by atoms with Gasteiger partial charge in [0, 0.05) is 13.1 Å². The van der Waals surface area contributed by atoms with Crippen molar-refractivity contribution in [3.63, 3.8) is 0 Å². The molecule has 2 aromatic carbocycles. The van der Waals surface area contributed by atoms with Gasteiger partial charge in [0.15, 0.2) is 0 Å². The highest BCUT2D eigenvalue weighted by molar-refractivity contribution is 5.89. The molecule has 1 atom stereocenters. The molecule has 1 aliphatic heterocycles. The summed E-state index contributed by atoms with van der Waals surface area (Å²) in [6.07, 6.45) is 0. The zero-order chi connectivity index (χ0) is 17.6. The van der Waals surface area contributed by atoms with E-state index in [1.54, 1.807) is 4.90 Å². The number of carbonyl (C=O) groups is 2. The summed E-state index contributed by atoms with van der Waals surface area (Å²) in [5, 5.41) is 2.91. The molecule has 5 heteroatoms. The van der Waals surface area contributed by atoms with Crippen LogP contribution in [-0.2, 0) is 27.4 Å². The van der Waals surface area contributed by atoms with Crippen molar-refractivity contribution in [2.75, 3.05) is 13.2 Å². The van der Waals surface area contributed by atoms with Crippen LogP contribution in [0.5, 0.6) is 0 Å². The molecule has 0 saturated carbocycles. The van der Waals surface area contributed by atoms with E-state index in [9.17, 15) is 9.59 Å². The second-order valence-corrected chi connectivity index (χ2v) is 6.24. The minimum absolute atomic E-state index is 0.0224. The van der Waals surface area contributed by atoms with E-state index in [1.807, 2.05) is 61.5 Å². The normalized spacial score (nSPS) is 17.4. The maximum absolute atomic E-state index is 12.6. The molecule has 1 aliphatic rings. The van der Waals surface area contributed by atoms with Crippen molar-refractivity contribution in [1.82, 2.24) is 10.2 Å². The van der Waals surface area contributed by atoms with Gasteiger partial charge in [-0.1, -0.05) is 60.2 Å². The van der Waals surface area contributed by atoms with Gasteiger partial charge >= 0.3 is 0 Å². The standard InChI is InChI=1S/C20H22N2O3/c1-15-7-9-16(10-8-15)11-21-20(24)18-13-25-14-19(23)22(18)12-17-5-3-2-4-6-17/h2-10,18H,11-14H2,1H3,(H,21,24)/t18-/m0/s1. The fourth-order valence-corrected chi connectivity index (χ4v) is 2.81. The Morgan fingerprint density at radius 2 is 1.84 bits per heavy atom. The predicted molar refractivity (Wildman–Crippen MR) is 94.6 cm³/mol. The van der Waals surface area contributed by atoms with Crippen LogP contribution in [0.15, 0.2) is 54.6 Å². The summed E-state index contributed by atoms with van der Waals surface area (Å²) in [5.74, 6) is -0.352. The van der Waals surface area contributed by atoms with Gasteiger partial charge in [0.05, 0.1) is 6.61 Å². The molecule has 1 fully saturated rings. The van der Waals surface area contributed by atoms with Gasteiger partial charge in [0.1, 0.15) is 12.6 Å². The number of amides is 2. The lowest BCUT2D eigenvalue weighted by atomic mass is 10.1. The van der Waals surface area contributed by atoms with Gasteiger partial charge in [-0.3, -0.25) is 9.59 Å². The fraction of sp³-hybridized carbons (Fsp3) is 0.300. The first-order valence-corrected chi connectivity index (χ1v) is 8.38. The van der Waals surface area contributed by atoms with Crippen molar-refractivity contribution in [1.29, 1.82) is 0 Å². The average molecular weight is 338 g/mol. The first kappa shape index (κ1) is 17.2. The number of hydrogen-bond acceptors (Lipinski definition) is 3.